The molecule has 110 valence electrons. The number of benzene rings is 2. The number of nitrogens with zero attached hydrogens (tertiary/aromatic N) is 3. The first kappa shape index (κ1) is 14.5. The second kappa shape index (κ2) is 6.13. The molecule has 0 fully saturated rings. The highest BCUT2D eigenvalue weighted by atomic mass is 35.5. The van der Waals surface area contributed by atoms with Crippen molar-refractivity contribution >= 4 is 34.8 Å². The van der Waals surface area contributed by atoms with E-state index in [0.717, 1.165) is 5.56 Å². The molecule has 2 aromatic carbocycles. The van der Waals surface area contributed by atoms with E-state index < -0.39 is 0 Å². The molecule has 6 nitrogen and oxygen atoms in total. The molecule has 1 amide bonds. The fourth-order valence-electron chi connectivity index (χ4n) is 1.86. The monoisotopic (exact) mass is 333 g/mol. The van der Waals surface area contributed by atoms with Crippen LogP contribution in [0.1, 0.15) is 10.4 Å². The third kappa shape index (κ3) is 2.93. The van der Waals surface area contributed by atoms with Gasteiger partial charge in [0.1, 0.15) is 0 Å². The van der Waals surface area contributed by atoms with E-state index in [9.17, 15) is 4.79 Å². The minimum absolute atomic E-state index is 0.227. The lowest BCUT2D eigenvalue weighted by molar-refractivity contribution is 0.102. The van der Waals surface area contributed by atoms with Gasteiger partial charge in [-0.25, -0.2) is 0 Å². The van der Waals surface area contributed by atoms with E-state index in [1.165, 1.54) is 0 Å². The van der Waals surface area contributed by atoms with E-state index in [1.807, 2.05) is 0 Å². The molecule has 0 unspecified atom stereocenters. The number of halogens is 2. The third-order valence-corrected chi connectivity index (χ3v) is 3.76. The van der Waals surface area contributed by atoms with Crippen LogP contribution in [0.25, 0.3) is 11.4 Å². The first-order valence-electron chi connectivity index (χ1n) is 6.24. The number of H-pyrrole nitrogens is 1. The number of aromatic amines is 1. The zero-order valence-corrected chi connectivity index (χ0v) is 12.6. The SMILES string of the molecule is O=C(Nc1ccc(-c2nn[nH]n2)cc1)c1cccc(Cl)c1Cl. The molecule has 3 aromatic rings. The molecular formula is C14H9Cl2N5O. The Morgan fingerprint density at radius 1 is 1.09 bits per heavy atom. The standard InChI is InChI=1S/C14H9Cl2N5O/c15-11-3-1-2-10(12(11)16)14(22)17-9-6-4-8(5-7-9)13-18-20-21-19-13/h1-7H,(H,17,22)(H,18,19,20,21). The topological polar surface area (TPSA) is 83.6 Å². The van der Waals surface area contributed by atoms with E-state index >= 15 is 0 Å². The third-order valence-electron chi connectivity index (χ3n) is 2.94. The lowest BCUT2D eigenvalue weighted by atomic mass is 10.1. The maximum Gasteiger partial charge on any atom is 0.257 e. The molecule has 0 atom stereocenters. The van der Waals surface area contributed by atoms with Gasteiger partial charge in [-0.2, -0.15) is 5.21 Å². The van der Waals surface area contributed by atoms with Crippen molar-refractivity contribution in [1.82, 2.24) is 20.6 Å². The number of amides is 1. The smallest absolute Gasteiger partial charge is 0.257 e. The highest BCUT2D eigenvalue weighted by molar-refractivity contribution is 6.44. The number of nitrogens with one attached hydrogen (secondary N) is 2. The van der Waals surface area contributed by atoms with E-state index in [1.54, 1.807) is 42.5 Å². The number of carbonyl (C=O) groups is 1. The first-order valence-corrected chi connectivity index (χ1v) is 7.00. The van der Waals surface area contributed by atoms with Crippen molar-refractivity contribution in [3.05, 3.63) is 58.1 Å². The molecule has 22 heavy (non-hydrogen) atoms. The van der Waals surface area contributed by atoms with Crippen LogP contribution in [0, 0.1) is 0 Å². The number of tetrazole rings is 1. The second-order valence-corrected chi connectivity index (χ2v) is 5.15. The Kier molecular flexibility index (Phi) is 4.04. The number of rotatable bonds is 3. The van der Waals surface area contributed by atoms with E-state index in [4.69, 9.17) is 23.2 Å². The number of anilines is 1. The molecule has 1 heterocycles. The summed E-state index contributed by atoms with van der Waals surface area (Å²) in [6.45, 7) is 0. The summed E-state index contributed by atoms with van der Waals surface area (Å²) >= 11 is 11.9. The van der Waals surface area contributed by atoms with Crippen LogP contribution in [0.15, 0.2) is 42.5 Å². The fourth-order valence-corrected chi connectivity index (χ4v) is 2.25. The van der Waals surface area contributed by atoms with Gasteiger partial charge < -0.3 is 5.32 Å². The highest BCUT2D eigenvalue weighted by Crippen LogP contribution is 2.26. The van der Waals surface area contributed by atoms with Crippen molar-refractivity contribution < 1.29 is 4.79 Å². The van der Waals surface area contributed by atoms with Crippen molar-refractivity contribution in [2.24, 2.45) is 0 Å². The molecule has 0 aliphatic carbocycles. The molecule has 2 N–H and O–H groups in total. The van der Waals surface area contributed by atoms with Crippen molar-refractivity contribution in [1.29, 1.82) is 0 Å². The molecule has 0 radical (unpaired) electrons. The summed E-state index contributed by atoms with van der Waals surface area (Å²) in [6, 6.07) is 11.9. The van der Waals surface area contributed by atoms with Crippen molar-refractivity contribution in [3.8, 4) is 11.4 Å². The Morgan fingerprint density at radius 3 is 2.55 bits per heavy atom. The van der Waals surface area contributed by atoms with Crippen LogP contribution in [0.5, 0.6) is 0 Å². The predicted octanol–water partition coefficient (Wildman–Crippen LogP) is 3.43. The Hall–Kier alpha value is -2.44. The number of carbonyl (C=O) groups excluding carboxylic acids is 1. The summed E-state index contributed by atoms with van der Waals surface area (Å²) in [5, 5.41) is 16.9. The minimum Gasteiger partial charge on any atom is -0.322 e. The Labute approximate surface area is 135 Å². The number of hydrogen-bond donors (Lipinski definition) is 2. The number of aromatic nitrogens is 4. The summed E-state index contributed by atoms with van der Waals surface area (Å²) in [6.07, 6.45) is 0. The average Bonchev–Trinajstić information content (AvgIpc) is 3.05. The molecule has 1 aromatic heterocycles. The van der Waals surface area contributed by atoms with Crippen molar-refractivity contribution in [2.45, 2.75) is 0 Å². The van der Waals surface area contributed by atoms with Crippen LogP contribution < -0.4 is 5.32 Å². The fraction of sp³-hybridized carbons (Fsp3) is 0. The van der Waals surface area contributed by atoms with Gasteiger partial charge in [0.2, 0.25) is 5.82 Å². The van der Waals surface area contributed by atoms with Gasteiger partial charge in [0, 0.05) is 11.3 Å². The Bertz CT molecular complexity index is 803. The van der Waals surface area contributed by atoms with E-state index in [0.29, 0.717) is 22.1 Å². The van der Waals surface area contributed by atoms with E-state index in [-0.39, 0.29) is 10.9 Å². The summed E-state index contributed by atoms with van der Waals surface area (Å²) in [5.41, 5.74) is 1.72. The minimum atomic E-state index is -0.334. The van der Waals surface area contributed by atoms with E-state index in [2.05, 4.69) is 25.9 Å². The highest BCUT2D eigenvalue weighted by Gasteiger charge is 2.13. The summed E-state index contributed by atoms with van der Waals surface area (Å²) in [4.78, 5) is 12.2. The van der Waals surface area contributed by atoms with Gasteiger partial charge >= 0.3 is 0 Å². The molecule has 0 saturated heterocycles. The normalized spacial score (nSPS) is 10.5. The van der Waals surface area contributed by atoms with Gasteiger partial charge in [0.15, 0.2) is 0 Å². The summed E-state index contributed by atoms with van der Waals surface area (Å²) < 4.78 is 0. The van der Waals surface area contributed by atoms with Crippen LogP contribution in [0.3, 0.4) is 0 Å². The van der Waals surface area contributed by atoms with Gasteiger partial charge in [-0.15, -0.1) is 10.2 Å². The summed E-state index contributed by atoms with van der Waals surface area (Å²) in [5.74, 6) is 0.149. The van der Waals surface area contributed by atoms with Crippen molar-refractivity contribution in [2.75, 3.05) is 5.32 Å². The average molecular weight is 334 g/mol. The molecule has 8 heteroatoms. The van der Waals surface area contributed by atoms with Gasteiger partial charge in [0.05, 0.1) is 15.6 Å². The van der Waals surface area contributed by atoms with Gasteiger partial charge in [-0.1, -0.05) is 29.3 Å². The molecule has 0 saturated carbocycles. The molecule has 3 rings (SSSR count). The van der Waals surface area contributed by atoms with Crippen LogP contribution in [0.2, 0.25) is 10.0 Å². The Balaban J connectivity index is 1.78. The zero-order chi connectivity index (χ0) is 15.5. The lowest BCUT2D eigenvalue weighted by Gasteiger charge is -2.08. The maximum atomic E-state index is 12.2. The molecule has 0 aliphatic heterocycles. The molecule has 0 bridgehead atoms. The van der Waals surface area contributed by atoms with Gasteiger partial charge in [-0.05, 0) is 41.6 Å². The Morgan fingerprint density at radius 2 is 1.86 bits per heavy atom. The molecule has 0 spiro atoms. The maximum absolute atomic E-state index is 12.2. The summed E-state index contributed by atoms with van der Waals surface area (Å²) in [7, 11) is 0. The number of hydrogen-bond acceptors (Lipinski definition) is 4. The predicted molar refractivity (Wildman–Crippen MR) is 84.0 cm³/mol. The van der Waals surface area contributed by atoms with Crippen LogP contribution in [-0.2, 0) is 0 Å². The quantitative estimate of drug-likeness (QED) is 0.769. The molecule has 0 aliphatic rings. The van der Waals surface area contributed by atoms with Gasteiger partial charge in [0.25, 0.3) is 5.91 Å². The van der Waals surface area contributed by atoms with Gasteiger partial charge in [-0.3, -0.25) is 4.79 Å². The van der Waals surface area contributed by atoms with Crippen LogP contribution >= 0.6 is 23.2 Å². The largest absolute Gasteiger partial charge is 0.322 e. The zero-order valence-electron chi connectivity index (χ0n) is 11.0. The first-order chi connectivity index (χ1) is 10.6. The molecular weight excluding hydrogens is 325 g/mol. The second-order valence-electron chi connectivity index (χ2n) is 4.37. The van der Waals surface area contributed by atoms with Crippen LogP contribution in [0.4, 0.5) is 5.69 Å². The van der Waals surface area contributed by atoms with Crippen molar-refractivity contribution in [3.63, 3.8) is 0 Å². The lowest BCUT2D eigenvalue weighted by Crippen LogP contribution is -2.12. The van der Waals surface area contributed by atoms with Crippen LogP contribution in [-0.4, -0.2) is 26.5 Å².